The van der Waals surface area contributed by atoms with Gasteiger partial charge in [0, 0.05) is 31.9 Å². The van der Waals surface area contributed by atoms with Gasteiger partial charge in [-0.2, -0.15) is 9.57 Å². The van der Waals surface area contributed by atoms with Crippen molar-refractivity contribution < 1.29 is 21.6 Å². The molecule has 1 aliphatic rings. The van der Waals surface area contributed by atoms with Crippen LogP contribution in [0.15, 0.2) is 23.1 Å². The highest BCUT2D eigenvalue weighted by molar-refractivity contribution is 7.89. The lowest BCUT2D eigenvalue weighted by molar-refractivity contribution is 0.377. The molecule has 3 rings (SSSR count). The lowest BCUT2D eigenvalue weighted by Gasteiger charge is -2.36. The fourth-order valence-electron chi connectivity index (χ4n) is 3.21. The molecule has 28 heavy (non-hydrogen) atoms. The van der Waals surface area contributed by atoms with Gasteiger partial charge in [-0.25, -0.2) is 21.6 Å². The largest absolute Gasteiger partial charge is 0.368 e. The summed E-state index contributed by atoms with van der Waals surface area (Å²) in [5, 5.41) is 9.40. The minimum absolute atomic E-state index is 0.00601. The van der Waals surface area contributed by atoms with Crippen molar-refractivity contribution in [2.24, 2.45) is 0 Å². The molecule has 2 aromatic rings. The zero-order valence-corrected chi connectivity index (χ0v) is 16.0. The van der Waals surface area contributed by atoms with E-state index < -0.39 is 32.4 Å². The number of hydrogen-bond donors (Lipinski definition) is 0. The molecule has 0 amide bonds. The molecule has 0 spiro atoms. The molecule has 0 bridgehead atoms. The molecule has 1 fully saturated rings. The van der Waals surface area contributed by atoms with Crippen LogP contribution in [0.1, 0.15) is 17.0 Å². The second-order valence-electron chi connectivity index (χ2n) is 6.42. The van der Waals surface area contributed by atoms with Gasteiger partial charge in [0.1, 0.15) is 11.0 Å². The van der Waals surface area contributed by atoms with Gasteiger partial charge < -0.3 is 4.90 Å². The number of sulfonamides is 1. The first-order chi connectivity index (χ1) is 13.2. The summed E-state index contributed by atoms with van der Waals surface area (Å²) in [5.74, 6) is -5.00. The van der Waals surface area contributed by atoms with Gasteiger partial charge in [0.05, 0.1) is 16.9 Å². The Morgan fingerprint density at radius 2 is 1.71 bits per heavy atom. The number of nitriles is 1. The van der Waals surface area contributed by atoms with E-state index in [4.69, 9.17) is 0 Å². The molecule has 2 heterocycles. The SMILES string of the molecule is Cc1cc(N2CCN(S(=O)(=O)c3ccc(F)c(F)c3F)CC2)c(C#N)c(C)n1. The molecule has 0 N–H and O–H groups in total. The van der Waals surface area contributed by atoms with Crippen LogP contribution in [-0.4, -0.2) is 43.9 Å². The first-order valence-electron chi connectivity index (χ1n) is 8.43. The molecular weight excluding hydrogens is 393 g/mol. The number of hydrogen-bond acceptors (Lipinski definition) is 5. The molecule has 10 heteroatoms. The van der Waals surface area contributed by atoms with E-state index in [9.17, 15) is 26.9 Å². The highest BCUT2D eigenvalue weighted by atomic mass is 32.2. The molecule has 0 saturated carbocycles. The minimum Gasteiger partial charge on any atom is -0.368 e. The summed E-state index contributed by atoms with van der Waals surface area (Å²) in [7, 11) is -4.32. The number of benzene rings is 1. The zero-order valence-electron chi connectivity index (χ0n) is 15.2. The Balaban J connectivity index is 1.85. The van der Waals surface area contributed by atoms with E-state index in [0.717, 1.165) is 16.1 Å². The second-order valence-corrected chi connectivity index (χ2v) is 8.33. The Morgan fingerprint density at radius 3 is 2.32 bits per heavy atom. The lowest BCUT2D eigenvalue weighted by atomic mass is 10.1. The van der Waals surface area contributed by atoms with Gasteiger partial charge in [-0.1, -0.05) is 0 Å². The Morgan fingerprint density at radius 1 is 1.07 bits per heavy atom. The highest BCUT2D eigenvalue weighted by Gasteiger charge is 2.33. The Bertz CT molecular complexity index is 1080. The summed E-state index contributed by atoms with van der Waals surface area (Å²) in [6.45, 7) is 4.04. The van der Waals surface area contributed by atoms with E-state index in [-0.39, 0.29) is 26.2 Å². The van der Waals surface area contributed by atoms with Crippen molar-refractivity contribution in [3.8, 4) is 6.07 Å². The van der Waals surface area contributed by atoms with E-state index in [1.807, 2.05) is 4.90 Å². The van der Waals surface area contributed by atoms with Crippen molar-refractivity contribution >= 4 is 15.7 Å². The molecule has 0 atom stereocenters. The maximum atomic E-state index is 14.0. The quantitative estimate of drug-likeness (QED) is 0.727. The zero-order chi connectivity index (χ0) is 20.6. The van der Waals surface area contributed by atoms with Crippen molar-refractivity contribution in [2.45, 2.75) is 18.7 Å². The Hall–Kier alpha value is -2.64. The standard InChI is InChI=1S/C18H17F3N4O2S/c1-11-9-15(13(10-22)12(2)23-11)24-5-7-25(8-6-24)28(26,27)16-4-3-14(19)17(20)18(16)21/h3-4,9H,5-8H2,1-2H3. The van der Waals surface area contributed by atoms with Crippen molar-refractivity contribution in [2.75, 3.05) is 31.1 Å². The average molecular weight is 410 g/mol. The predicted molar refractivity (Wildman–Crippen MR) is 95.7 cm³/mol. The first-order valence-corrected chi connectivity index (χ1v) is 9.87. The Labute approximate surface area is 160 Å². The van der Waals surface area contributed by atoms with Crippen LogP contribution in [0.3, 0.4) is 0 Å². The maximum Gasteiger partial charge on any atom is 0.246 e. The molecule has 0 unspecified atom stereocenters. The van der Waals surface area contributed by atoms with Gasteiger partial charge in [-0.15, -0.1) is 0 Å². The monoisotopic (exact) mass is 410 g/mol. The summed E-state index contributed by atoms with van der Waals surface area (Å²) in [5.41, 5.74) is 2.37. The summed E-state index contributed by atoms with van der Waals surface area (Å²) in [6.07, 6.45) is 0. The van der Waals surface area contributed by atoms with Crippen LogP contribution >= 0.6 is 0 Å². The van der Waals surface area contributed by atoms with Gasteiger partial charge in [-0.05, 0) is 32.0 Å². The number of aromatic nitrogens is 1. The maximum absolute atomic E-state index is 14.0. The molecule has 1 aliphatic heterocycles. The molecular formula is C18H17F3N4O2S. The van der Waals surface area contributed by atoms with E-state index in [1.54, 1.807) is 19.9 Å². The van der Waals surface area contributed by atoms with Crippen LogP contribution in [0, 0.1) is 42.6 Å². The summed E-state index contributed by atoms with van der Waals surface area (Å²) in [6, 6.07) is 5.17. The first kappa shape index (κ1) is 20.1. The van der Waals surface area contributed by atoms with Crippen LogP contribution in [0.2, 0.25) is 0 Å². The second kappa shape index (κ2) is 7.41. The number of halogens is 3. The van der Waals surface area contributed by atoms with Crippen molar-refractivity contribution in [3.05, 3.63) is 52.6 Å². The van der Waals surface area contributed by atoms with E-state index in [1.165, 1.54) is 0 Å². The number of rotatable bonds is 3. The van der Waals surface area contributed by atoms with E-state index in [2.05, 4.69) is 11.1 Å². The van der Waals surface area contributed by atoms with Crippen LogP contribution in [0.25, 0.3) is 0 Å². The number of nitrogens with zero attached hydrogens (tertiary/aromatic N) is 4. The van der Waals surface area contributed by atoms with Gasteiger partial charge in [0.2, 0.25) is 10.0 Å². The van der Waals surface area contributed by atoms with Crippen molar-refractivity contribution in [1.82, 2.24) is 9.29 Å². The van der Waals surface area contributed by atoms with Gasteiger partial charge in [0.25, 0.3) is 0 Å². The molecule has 0 aliphatic carbocycles. The number of anilines is 1. The predicted octanol–water partition coefficient (Wildman–Crippen LogP) is 2.50. The molecule has 6 nitrogen and oxygen atoms in total. The lowest BCUT2D eigenvalue weighted by Crippen LogP contribution is -2.49. The molecule has 148 valence electrons. The van der Waals surface area contributed by atoms with Crippen LogP contribution in [0.5, 0.6) is 0 Å². The summed E-state index contributed by atoms with van der Waals surface area (Å²) in [4.78, 5) is 5.22. The molecule has 0 radical (unpaired) electrons. The van der Waals surface area contributed by atoms with Crippen molar-refractivity contribution in [3.63, 3.8) is 0 Å². The Kier molecular flexibility index (Phi) is 5.32. The normalized spacial score (nSPS) is 15.5. The fourth-order valence-corrected chi connectivity index (χ4v) is 4.69. The fraction of sp³-hybridized carbons (Fsp3) is 0.333. The third-order valence-electron chi connectivity index (χ3n) is 4.62. The molecule has 1 aromatic heterocycles. The molecule has 1 aromatic carbocycles. The van der Waals surface area contributed by atoms with E-state index in [0.29, 0.717) is 23.0 Å². The topological polar surface area (TPSA) is 77.3 Å². The van der Waals surface area contributed by atoms with Crippen LogP contribution < -0.4 is 4.90 Å². The molecule has 1 saturated heterocycles. The summed E-state index contributed by atoms with van der Waals surface area (Å²) < 4.78 is 66.9. The third-order valence-corrected chi connectivity index (χ3v) is 6.53. The summed E-state index contributed by atoms with van der Waals surface area (Å²) >= 11 is 0. The minimum atomic E-state index is -4.32. The van der Waals surface area contributed by atoms with Gasteiger partial charge >= 0.3 is 0 Å². The van der Waals surface area contributed by atoms with Crippen molar-refractivity contribution in [1.29, 1.82) is 5.26 Å². The number of piperazine rings is 1. The van der Waals surface area contributed by atoms with E-state index >= 15 is 0 Å². The van der Waals surface area contributed by atoms with Crippen LogP contribution in [-0.2, 0) is 10.0 Å². The number of aryl methyl sites for hydroxylation is 2. The smallest absolute Gasteiger partial charge is 0.246 e. The van der Waals surface area contributed by atoms with Gasteiger partial charge in [-0.3, -0.25) is 4.98 Å². The van der Waals surface area contributed by atoms with Gasteiger partial charge in [0.15, 0.2) is 17.5 Å². The number of pyridine rings is 1. The van der Waals surface area contributed by atoms with Crippen LogP contribution in [0.4, 0.5) is 18.9 Å². The highest BCUT2D eigenvalue weighted by Crippen LogP contribution is 2.27. The third kappa shape index (κ3) is 3.43. The average Bonchev–Trinajstić information content (AvgIpc) is 2.65.